The second kappa shape index (κ2) is 9.05. The largest absolute Gasteiger partial charge is 0.507 e. The van der Waals surface area contributed by atoms with E-state index < -0.39 is 26.0 Å². The van der Waals surface area contributed by atoms with Crippen molar-refractivity contribution in [2.24, 2.45) is 0 Å². The number of esters is 1. The van der Waals surface area contributed by atoms with Crippen molar-refractivity contribution >= 4 is 20.0 Å². The van der Waals surface area contributed by atoms with Gasteiger partial charge in [-0.3, -0.25) is 4.79 Å². The third kappa shape index (κ3) is 5.57. The number of phenolic OH excluding ortho intramolecular Hbond substituents is 1. The van der Waals surface area contributed by atoms with Crippen molar-refractivity contribution in [3.63, 3.8) is 0 Å². The smallest absolute Gasteiger partial charge is 0.329 e. The highest BCUT2D eigenvalue weighted by Crippen LogP contribution is 2.31. The number of ether oxygens (including phenoxy) is 3. The number of aromatic hydroxyl groups is 1. The fourth-order valence-corrected chi connectivity index (χ4v) is 3.36. The third-order valence-electron chi connectivity index (χ3n) is 4.18. The fourth-order valence-electron chi connectivity index (χ4n) is 2.60. The van der Waals surface area contributed by atoms with Crippen molar-refractivity contribution in [1.82, 2.24) is 4.90 Å². The number of benzene rings is 1. The summed E-state index contributed by atoms with van der Waals surface area (Å²) in [4.78, 5) is 26.1. The van der Waals surface area contributed by atoms with Crippen LogP contribution in [0.3, 0.4) is 0 Å². The summed E-state index contributed by atoms with van der Waals surface area (Å²) in [7, 11) is 0.0765. The molecule has 1 aliphatic heterocycles. The summed E-state index contributed by atoms with van der Waals surface area (Å²) in [6, 6.07) is 4.83. The Bertz CT molecular complexity index is 713. The molecule has 0 aromatic heterocycles. The first-order valence-electron chi connectivity index (χ1n) is 8.84. The first-order valence-corrected chi connectivity index (χ1v) is 12.5. The van der Waals surface area contributed by atoms with Crippen LogP contribution in [0.5, 0.6) is 11.5 Å². The van der Waals surface area contributed by atoms with E-state index in [0.29, 0.717) is 13.0 Å². The Labute approximate surface area is 160 Å². The first-order chi connectivity index (χ1) is 12.7. The van der Waals surface area contributed by atoms with Crippen molar-refractivity contribution < 1.29 is 28.9 Å². The van der Waals surface area contributed by atoms with E-state index in [-0.39, 0.29) is 23.9 Å². The van der Waals surface area contributed by atoms with Crippen molar-refractivity contribution in [2.75, 3.05) is 20.5 Å². The molecule has 0 radical (unpaired) electrons. The molecule has 27 heavy (non-hydrogen) atoms. The zero-order valence-electron chi connectivity index (χ0n) is 16.2. The highest BCUT2D eigenvalue weighted by atomic mass is 28.3. The molecule has 0 saturated heterocycles. The molecule has 0 bridgehead atoms. The zero-order valence-corrected chi connectivity index (χ0v) is 17.2. The average molecular weight is 394 g/mol. The van der Waals surface area contributed by atoms with Gasteiger partial charge in [-0.25, -0.2) is 4.79 Å². The van der Waals surface area contributed by atoms with Crippen LogP contribution in [0.15, 0.2) is 30.5 Å². The highest BCUT2D eigenvalue weighted by molar-refractivity contribution is 6.76. The lowest BCUT2D eigenvalue weighted by molar-refractivity contribution is -0.144. The van der Waals surface area contributed by atoms with Gasteiger partial charge in [0.25, 0.3) is 5.91 Å². The zero-order chi connectivity index (χ0) is 20.0. The summed E-state index contributed by atoms with van der Waals surface area (Å²) >= 11 is 0. The van der Waals surface area contributed by atoms with Crippen LogP contribution >= 0.6 is 0 Å². The van der Waals surface area contributed by atoms with Gasteiger partial charge in [0.15, 0.2) is 6.79 Å². The second-order valence-corrected chi connectivity index (χ2v) is 13.1. The lowest BCUT2D eigenvalue weighted by atomic mass is 10.1. The molecule has 1 N–H and O–H groups in total. The van der Waals surface area contributed by atoms with E-state index >= 15 is 0 Å². The van der Waals surface area contributed by atoms with Crippen molar-refractivity contribution in [3.8, 4) is 11.5 Å². The van der Waals surface area contributed by atoms with Crippen molar-refractivity contribution in [1.29, 1.82) is 0 Å². The third-order valence-corrected chi connectivity index (χ3v) is 5.89. The summed E-state index contributed by atoms with van der Waals surface area (Å²) in [5.74, 6) is -1.06. The van der Waals surface area contributed by atoms with Gasteiger partial charge in [-0.1, -0.05) is 31.8 Å². The number of hydrogen-bond donors (Lipinski definition) is 1. The Balaban J connectivity index is 2.09. The molecule has 1 amide bonds. The molecule has 148 valence electrons. The summed E-state index contributed by atoms with van der Waals surface area (Å²) in [6.45, 7) is 7.32. The van der Waals surface area contributed by atoms with Crippen molar-refractivity contribution in [3.05, 3.63) is 36.0 Å². The van der Waals surface area contributed by atoms with Crippen LogP contribution in [0.2, 0.25) is 25.7 Å². The lowest BCUT2D eigenvalue weighted by Gasteiger charge is -2.23. The van der Waals surface area contributed by atoms with Gasteiger partial charge in [-0.2, -0.15) is 0 Å². The highest BCUT2D eigenvalue weighted by Gasteiger charge is 2.34. The lowest BCUT2D eigenvalue weighted by Crippen LogP contribution is -2.39. The molecule has 8 heteroatoms. The summed E-state index contributed by atoms with van der Waals surface area (Å²) in [5, 5.41) is 10.2. The Hall–Kier alpha value is -2.32. The predicted molar refractivity (Wildman–Crippen MR) is 103 cm³/mol. The fraction of sp³-hybridized carbons (Fsp3) is 0.474. The van der Waals surface area contributed by atoms with Crippen LogP contribution in [0.1, 0.15) is 16.8 Å². The average Bonchev–Trinajstić information content (AvgIpc) is 3.09. The van der Waals surface area contributed by atoms with Gasteiger partial charge in [0.1, 0.15) is 23.1 Å². The van der Waals surface area contributed by atoms with Gasteiger partial charge >= 0.3 is 5.97 Å². The molecule has 0 aliphatic carbocycles. The van der Waals surface area contributed by atoms with E-state index in [4.69, 9.17) is 14.2 Å². The van der Waals surface area contributed by atoms with Crippen LogP contribution in [-0.2, 0) is 14.3 Å². The number of rotatable bonds is 8. The minimum atomic E-state index is -1.20. The maximum Gasteiger partial charge on any atom is 0.329 e. The predicted octanol–water partition coefficient (Wildman–Crippen LogP) is 2.98. The molecule has 1 heterocycles. The van der Waals surface area contributed by atoms with Gasteiger partial charge in [-0.15, -0.1) is 0 Å². The van der Waals surface area contributed by atoms with Crippen LogP contribution in [0, 0.1) is 0 Å². The summed E-state index contributed by atoms with van der Waals surface area (Å²) in [5.41, 5.74) is -0.00764. The molecule has 1 atom stereocenters. The number of nitrogens with zero attached hydrogens (tertiary/aromatic N) is 1. The maximum absolute atomic E-state index is 12.9. The van der Waals surface area contributed by atoms with Gasteiger partial charge < -0.3 is 24.2 Å². The van der Waals surface area contributed by atoms with E-state index in [9.17, 15) is 14.7 Å². The summed E-state index contributed by atoms with van der Waals surface area (Å²) in [6.07, 6.45) is 3.59. The first kappa shape index (κ1) is 21.0. The standard InChI is InChI=1S/C19H27NO6Si/c1-24-19(23)14-7-6-10-20(14)18(22)17-15(21)8-5-9-16(17)26-13-25-11-12-27(2,3)4/h5-6,8-10,14,21H,7,11-13H2,1-4H3/t14-/m0/s1. The molecule has 1 aromatic carbocycles. The quantitative estimate of drug-likeness (QED) is 0.316. The molecule has 0 unspecified atom stereocenters. The molecular weight excluding hydrogens is 366 g/mol. The van der Waals surface area contributed by atoms with Crippen LogP contribution in [0.25, 0.3) is 0 Å². The molecule has 0 fully saturated rings. The number of hydrogen-bond acceptors (Lipinski definition) is 6. The minimum Gasteiger partial charge on any atom is -0.507 e. The summed E-state index contributed by atoms with van der Waals surface area (Å²) < 4.78 is 15.8. The van der Waals surface area contributed by atoms with Gasteiger partial charge in [0.2, 0.25) is 0 Å². The van der Waals surface area contributed by atoms with E-state index in [1.165, 1.54) is 24.3 Å². The van der Waals surface area contributed by atoms with Crippen molar-refractivity contribution in [2.45, 2.75) is 38.1 Å². The molecule has 1 aliphatic rings. The number of carbonyl (C=O) groups excluding carboxylic acids is 2. The SMILES string of the molecule is COC(=O)[C@@H]1CC=CN1C(=O)c1c(O)cccc1OCOCC[Si](C)(C)C. The van der Waals surface area contributed by atoms with Gasteiger partial charge in [0.05, 0.1) is 7.11 Å². The second-order valence-electron chi connectivity index (χ2n) is 7.50. The van der Waals surface area contributed by atoms with Crippen LogP contribution in [-0.4, -0.2) is 56.5 Å². The van der Waals surface area contributed by atoms with Crippen LogP contribution < -0.4 is 4.74 Å². The van der Waals surface area contributed by atoms with Crippen LogP contribution in [0.4, 0.5) is 0 Å². The van der Waals surface area contributed by atoms with E-state index in [1.807, 2.05) is 0 Å². The number of carbonyl (C=O) groups is 2. The molecular formula is C19H27NO6Si. The number of phenols is 1. The van der Waals surface area contributed by atoms with Gasteiger partial charge in [0, 0.05) is 20.9 Å². The molecule has 0 spiro atoms. The molecule has 0 saturated carbocycles. The number of amides is 1. The minimum absolute atomic E-state index is 0.00764. The monoisotopic (exact) mass is 393 g/mol. The van der Waals surface area contributed by atoms with E-state index in [0.717, 1.165) is 6.04 Å². The van der Waals surface area contributed by atoms with E-state index in [1.54, 1.807) is 18.2 Å². The Morgan fingerprint density at radius 3 is 2.70 bits per heavy atom. The number of methoxy groups -OCH3 is 1. The van der Waals surface area contributed by atoms with Gasteiger partial charge in [-0.05, 0) is 24.6 Å². The molecule has 7 nitrogen and oxygen atoms in total. The Kier molecular flexibility index (Phi) is 7.03. The molecule has 2 rings (SSSR count). The normalized spacial score (nSPS) is 16.4. The topological polar surface area (TPSA) is 85.3 Å². The van der Waals surface area contributed by atoms with E-state index in [2.05, 4.69) is 19.6 Å². The molecule has 1 aromatic rings. The maximum atomic E-state index is 12.9. The Morgan fingerprint density at radius 2 is 2.04 bits per heavy atom. The Morgan fingerprint density at radius 1 is 1.30 bits per heavy atom.